The fourth-order valence-electron chi connectivity index (χ4n) is 2.20. The molecule has 2 aromatic carbocycles. The van der Waals surface area contributed by atoms with Gasteiger partial charge >= 0.3 is 0 Å². The molecule has 0 fully saturated rings. The zero-order valence-corrected chi connectivity index (χ0v) is 16.8. The van der Waals surface area contributed by atoms with Gasteiger partial charge in [0, 0.05) is 32.4 Å². The van der Waals surface area contributed by atoms with Gasteiger partial charge in [0.05, 0.1) is 11.5 Å². The molecule has 2 aromatic rings. The average molecular weight is 391 g/mol. The normalized spacial score (nSPS) is 11.3. The second kappa shape index (κ2) is 9.49. The van der Waals surface area contributed by atoms with Crippen LogP contribution in [0.5, 0.6) is 17.2 Å². The number of aliphatic hydroxyl groups is 1. The maximum atomic E-state index is 10.7. The Labute approximate surface area is 159 Å². The second-order valence-electron chi connectivity index (χ2n) is 7.26. The first-order valence-electron chi connectivity index (χ1n) is 8.65. The standard InChI is InChI=1S/C19H25NO6Si/c1-27(2,3)11-10-24-14-25-19-9-8-18(12-15(19)13-21)26-17-6-4-16(5-7-17)20(22)23/h4-9,12,21H,10-11,13-14H2,1-3H3. The van der Waals surface area contributed by atoms with E-state index in [9.17, 15) is 15.2 Å². The Morgan fingerprint density at radius 2 is 1.74 bits per heavy atom. The van der Waals surface area contributed by atoms with E-state index in [4.69, 9.17) is 14.2 Å². The fourth-order valence-corrected chi connectivity index (χ4v) is 2.95. The second-order valence-corrected chi connectivity index (χ2v) is 12.9. The molecule has 0 bridgehead atoms. The minimum absolute atomic E-state index is 0.00345. The highest BCUT2D eigenvalue weighted by Crippen LogP contribution is 2.29. The highest BCUT2D eigenvalue weighted by molar-refractivity contribution is 6.76. The largest absolute Gasteiger partial charge is 0.467 e. The maximum absolute atomic E-state index is 10.7. The molecule has 0 unspecified atom stereocenters. The van der Waals surface area contributed by atoms with Crippen molar-refractivity contribution in [3.8, 4) is 17.2 Å². The van der Waals surface area contributed by atoms with E-state index >= 15 is 0 Å². The molecule has 0 radical (unpaired) electrons. The maximum Gasteiger partial charge on any atom is 0.269 e. The molecule has 0 amide bonds. The average Bonchev–Trinajstić information content (AvgIpc) is 2.61. The predicted octanol–water partition coefficient (Wildman–Crippen LogP) is 4.57. The summed E-state index contributed by atoms with van der Waals surface area (Å²) in [4.78, 5) is 10.2. The first-order valence-corrected chi connectivity index (χ1v) is 12.4. The number of rotatable bonds is 10. The number of ether oxygens (including phenoxy) is 3. The summed E-state index contributed by atoms with van der Waals surface area (Å²) in [5, 5.41) is 20.3. The lowest BCUT2D eigenvalue weighted by atomic mass is 10.2. The van der Waals surface area contributed by atoms with Gasteiger partial charge in [-0.3, -0.25) is 10.1 Å². The summed E-state index contributed by atoms with van der Waals surface area (Å²) in [6.45, 7) is 7.42. The monoisotopic (exact) mass is 391 g/mol. The summed E-state index contributed by atoms with van der Waals surface area (Å²) in [5.41, 5.74) is 0.569. The Hall–Kier alpha value is -2.42. The van der Waals surface area contributed by atoms with Gasteiger partial charge in [-0.15, -0.1) is 0 Å². The van der Waals surface area contributed by atoms with Crippen LogP contribution in [0.3, 0.4) is 0 Å². The van der Waals surface area contributed by atoms with Gasteiger partial charge in [-0.25, -0.2) is 0 Å². The molecule has 0 atom stereocenters. The van der Waals surface area contributed by atoms with E-state index in [1.165, 1.54) is 24.3 Å². The van der Waals surface area contributed by atoms with Gasteiger partial charge < -0.3 is 19.3 Å². The Bertz CT molecular complexity index is 758. The number of nitro groups is 1. The summed E-state index contributed by atoms with van der Waals surface area (Å²) in [7, 11) is -1.13. The fraction of sp³-hybridized carbons (Fsp3) is 0.368. The van der Waals surface area contributed by atoms with E-state index in [0.29, 0.717) is 29.4 Å². The zero-order chi connectivity index (χ0) is 19.9. The Kier molecular flexibility index (Phi) is 7.34. The van der Waals surface area contributed by atoms with Crippen molar-refractivity contribution < 1.29 is 24.2 Å². The summed E-state index contributed by atoms with van der Waals surface area (Å²) >= 11 is 0. The molecule has 27 heavy (non-hydrogen) atoms. The van der Waals surface area contributed by atoms with Crippen LogP contribution in [-0.2, 0) is 11.3 Å². The number of nitro benzene ring substituents is 1. The minimum atomic E-state index is -1.13. The van der Waals surface area contributed by atoms with Crippen LogP contribution >= 0.6 is 0 Å². The van der Waals surface area contributed by atoms with Crippen molar-refractivity contribution in [3.05, 3.63) is 58.1 Å². The third kappa shape index (κ3) is 7.01. The molecule has 0 spiro atoms. The number of non-ortho nitro benzene ring substituents is 1. The van der Waals surface area contributed by atoms with Gasteiger partial charge in [-0.1, -0.05) is 19.6 Å². The molecule has 0 saturated heterocycles. The SMILES string of the molecule is C[Si](C)(C)CCOCOc1ccc(Oc2ccc([N+](=O)[O-])cc2)cc1CO. The van der Waals surface area contributed by atoms with E-state index in [2.05, 4.69) is 19.6 Å². The van der Waals surface area contributed by atoms with Crippen molar-refractivity contribution in [2.24, 2.45) is 0 Å². The van der Waals surface area contributed by atoms with E-state index < -0.39 is 13.0 Å². The summed E-state index contributed by atoms with van der Waals surface area (Å²) in [6, 6.07) is 11.9. The molecule has 0 aliphatic heterocycles. The molecular formula is C19H25NO6Si. The summed E-state index contributed by atoms with van der Waals surface area (Å²) in [6.07, 6.45) is 0. The highest BCUT2D eigenvalue weighted by atomic mass is 28.3. The van der Waals surface area contributed by atoms with Crippen molar-refractivity contribution in [3.63, 3.8) is 0 Å². The van der Waals surface area contributed by atoms with Crippen LogP contribution in [0.25, 0.3) is 0 Å². The van der Waals surface area contributed by atoms with Crippen LogP contribution in [0, 0.1) is 10.1 Å². The Balaban J connectivity index is 1.93. The summed E-state index contributed by atoms with van der Waals surface area (Å²) in [5.74, 6) is 1.49. The molecule has 7 nitrogen and oxygen atoms in total. The smallest absolute Gasteiger partial charge is 0.269 e. The predicted molar refractivity (Wildman–Crippen MR) is 105 cm³/mol. The number of hydrogen-bond acceptors (Lipinski definition) is 6. The van der Waals surface area contributed by atoms with Gasteiger partial charge in [-0.2, -0.15) is 0 Å². The Morgan fingerprint density at radius 3 is 2.33 bits per heavy atom. The van der Waals surface area contributed by atoms with Crippen molar-refractivity contribution in [2.75, 3.05) is 13.4 Å². The van der Waals surface area contributed by atoms with E-state index in [1.807, 2.05) is 0 Å². The van der Waals surface area contributed by atoms with Crippen LogP contribution in [0.1, 0.15) is 5.56 Å². The molecule has 0 saturated carbocycles. The molecule has 146 valence electrons. The van der Waals surface area contributed by atoms with Crippen molar-refractivity contribution >= 4 is 13.8 Å². The molecule has 0 heterocycles. The molecular weight excluding hydrogens is 366 g/mol. The van der Waals surface area contributed by atoms with Gasteiger partial charge in [0.1, 0.15) is 17.2 Å². The van der Waals surface area contributed by atoms with E-state index in [0.717, 1.165) is 6.04 Å². The van der Waals surface area contributed by atoms with Crippen LogP contribution in [-0.4, -0.2) is 31.5 Å². The highest BCUT2D eigenvalue weighted by Gasteiger charge is 2.12. The first-order chi connectivity index (χ1) is 12.8. The molecule has 8 heteroatoms. The van der Waals surface area contributed by atoms with Crippen molar-refractivity contribution in [2.45, 2.75) is 32.3 Å². The lowest BCUT2D eigenvalue weighted by molar-refractivity contribution is -0.384. The zero-order valence-electron chi connectivity index (χ0n) is 15.8. The number of aliphatic hydroxyl groups excluding tert-OH is 1. The molecule has 1 N–H and O–H groups in total. The molecule has 0 aromatic heterocycles. The molecule has 0 aliphatic rings. The third-order valence-electron chi connectivity index (χ3n) is 3.78. The van der Waals surface area contributed by atoms with Gasteiger partial charge in [0.25, 0.3) is 5.69 Å². The molecule has 0 aliphatic carbocycles. The quantitative estimate of drug-likeness (QED) is 0.210. The minimum Gasteiger partial charge on any atom is -0.467 e. The van der Waals surface area contributed by atoms with Crippen LogP contribution < -0.4 is 9.47 Å². The van der Waals surface area contributed by atoms with Crippen LogP contribution in [0.15, 0.2) is 42.5 Å². The number of hydrogen-bond donors (Lipinski definition) is 1. The molecule has 2 rings (SSSR count). The van der Waals surface area contributed by atoms with E-state index in [-0.39, 0.29) is 19.1 Å². The Morgan fingerprint density at radius 1 is 1.07 bits per heavy atom. The first kappa shape index (κ1) is 20.9. The lowest BCUT2D eigenvalue weighted by Crippen LogP contribution is -2.22. The van der Waals surface area contributed by atoms with Crippen molar-refractivity contribution in [1.29, 1.82) is 0 Å². The number of benzene rings is 2. The van der Waals surface area contributed by atoms with Gasteiger partial charge in [0.15, 0.2) is 6.79 Å². The van der Waals surface area contributed by atoms with Crippen LogP contribution in [0.2, 0.25) is 25.7 Å². The van der Waals surface area contributed by atoms with Gasteiger partial charge in [0.2, 0.25) is 0 Å². The topological polar surface area (TPSA) is 91.1 Å². The van der Waals surface area contributed by atoms with Crippen molar-refractivity contribution in [1.82, 2.24) is 0 Å². The number of nitrogens with zero attached hydrogens (tertiary/aromatic N) is 1. The summed E-state index contributed by atoms with van der Waals surface area (Å²) < 4.78 is 16.8. The third-order valence-corrected chi connectivity index (χ3v) is 5.48. The lowest BCUT2D eigenvalue weighted by Gasteiger charge is -2.16. The van der Waals surface area contributed by atoms with E-state index in [1.54, 1.807) is 18.2 Å². The van der Waals surface area contributed by atoms with Crippen LogP contribution in [0.4, 0.5) is 5.69 Å². The van der Waals surface area contributed by atoms with Gasteiger partial charge in [-0.05, 0) is 36.4 Å².